The molecule has 3 nitrogen and oxygen atoms in total. The fourth-order valence-corrected chi connectivity index (χ4v) is 1.57. The fraction of sp³-hybridized carbons (Fsp3) is 0.400. The summed E-state index contributed by atoms with van der Waals surface area (Å²) in [4.78, 5) is 11.5. The Hall–Kier alpha value is -1.61. The zero-order valence-corrected chi connectivity index (χ0v) is 11.2. The Morgan fingerprint density at radius 3 is 2.56 bits per heavy atom. The van der Waals surface area contributed by atoms with E-state index in [0.29, 0.717) is 25.6 Å². The van der Waals surface area contributed by atoms with Gasteiger partial charge in [0.25, 0.3) is 0 Å². The molecule has 3 heteroatoms. The summed E-state index contributed by atoms with van der Waals surface area (Å²) in [7, 11) is 0. The maximum Gasteiger partial charge on any atom is 0.234 e. The molecule has 18 heavy (non-hydrogen) atoms. The van der Waals surface area contributed by atoms with E-state index in [1.807, 2.05) is 0 Å². The lowest BCUT2D eigenvalue weighted by atomic mass is 10.0. The van der Waals surface area contributed by atoms with E-state index in [1.165, 1.54) is 5.56 Å². The largest absolute Gasteiger partial charge is 0.351 e. The number of hydrogen-bond donors (Lipinski definition) is 2. The number of rotatable bonds is 7. The van der Waals surface area contributed by atoms with Crippen LogP contribution in [0.1, 0.15) is 30.9 Å². The highest BCUT2D eigenvalue weighted by Gasteiger charge is 2.01. The summed E-state index contributed by atoms with van der Waals surface area (Å²) in [6, 6.07) is 8.35. The minimum atomic E-state index is 0.00443. The maximum absolute atomic E-state index is 11.5. The van der Waals surface area contributed by atoms with Gasteiger partial charge < -0.3 is 10.6 Å². The monoisotopic (exact) mass is 246 g/mol. The molecule has 1 amide bonds. The standard InChI is InChI=1S/C15H22N2O/c1-4-9-16-11-15(18)17-10-13-5-7-14(8-6-13)12(2)3/h4-8,12,16H,1,9-11H2,2-3H3,(H,17,18). The van der Waals surface area contributed by atoms with Crippen molar-refractivity contribution in [1.29, 1.82) is 0 Å². The SMILES string of the molecule is C=CCNCC(=O)NCc1ccc(C(C)C)cc1. The number of benzene rings is 1. The van der Waals surface area contributed by atoms with E-state index in [1.54, 1.807) is 6.08 Å². The summed E-state index contributed by atoms with van der Waals surface area (Å²) >= 11 is 0. The van der Waals surface area contributed by atoms with Crippen molar-refractivity contribution in [3.05, 3.63) is 48.0 Å². The molecule has 0 bridgehead atoms. The Balaban J connectivity index is 2.34. The Morgan fingerprint density at radius 2 is 2.00 bits per heavy atom. The zero-order chi connectivity index (χ0) is 13.4. The van der Waals surface area contributed by atoms with Gasteiger partial charge in [-0.1, -0.05) is 44.2 Å². The molecule has 0 aliphatic carbocycles. The van der Waals surface area contributed by atoms with E-state index in [-0.39, 0.29) is 5.91 Å². The molecule has 98 valence electrons. The number of carbonyl (C=O) groups excluding carboxylic acids is 1. The summed E-state index contributed by atoms with van der Waals surface area (Å²) in [5.41, 5.74) is 2.44. The van der Waals surface area contributed by atoms with Crippen LogP contribution in [-0.4, -0.2) is 19.0 Å². The second-order valence-corrected chi connectivity index (χ2v) is 4.59. The Bertz CT molecular complexity index is 382. The average Bonchev–Trinajstić information content (AvgIpc) is 2.37. The van der Waals surface area contributed by atoms with E-state index in [4.69, 9.17) is 0 Å². The van der Waals surface area contributed by atoms with Crippen molar-refractivity contribution in [2.75, 3.05) is 13.1 Å². The molecular weight excluding hydrogens is 224 g/mol. The van der Waals surface area contributed by atoms with Gasteiger partial charge in [0, 0.05) is 13.1 Å². The van der Waals surface area contributed by atoms with Crippen molar-refractivity contribution in [3.8, 4) is 0 Å². The molecule has 0 radical (unpaired) electrons. The molecule has 0 aromatic heterocycles. The molecule has 0 aliphatic rings. The van der Waals surface area contributed by atoms with Gasteiger partial charge in [-0.25, -0.2) is 0 Å². The molecule has 0 saturated carbocycles. The summed E-state index contributed by atoms with van der Waals surface area (Å²) in [5, 5.41) is 5.84. The van der Waals surface area contributed by atoms with E-state index < -0.39 is 0 Å². The van der Waals surface area contributed by atoms with Crippen LogP contribution < -0.4 is 10.6 Å². The van der Waals surface area contributed by atoms with Crippen LogP contribution in [0.4, 0.5) is 0 Å². The van der Waals surface area contributed by atoms with Gasteiger partial charge >= 0.3 is 0 Å². The van der Waals surface area contributed by atoms with Crippen molar-refractivity contribution in [3.63, 3.8) is 0 Å². The molecule has 0 unspecified atom stereocenters. The molecule has 0 heterocycles. The van der Waals surface area contributed by atoms with Crippen molar-refractivity contribution in [2.24, 2.45) is 0 Å². The molecule has 0 atom stereocenters. The number of hydrogen-bond acceptors (Lipinski definition) is 2. The van der Waals surface area contributed by atoms with Crippen LogP contribution in [-0.2, 0) is 11.3 Å². The third-order valence-corrected chi connectivity index (χ3v) is 2.71. The quantitative estimate of drug-likeness (QED) is 0.572. The lowest BCUT2D eigenvalue weighted by Gasteiger charge is -2.08. The van der Waals surface area contributed by atoms with Gasteiger partial charge in [0.05, 0.1) is 6.54 Å². The van der Waals surface area contributed by atoms with Gasteiger partial charge in [-0.2, -0.15) is 0 Å². The van der Waals surface area contributed by atoms with E-state index >= 15 is 0 Å². The molecule has 0 fully saturated rings. The van der Waals surface area contributed by atoms with Gasteiger partial charge in [0.15, 0.2) is 0 Å². The van der Waals surface area contributed by atoms with Crippen LogP contribution in [0.25, 0.3) is 0 Å². The minimum Gasteiger partial charge on any atom is -0.351 e. The Morgan fingerprint density at radius 1 is 1.33 bits per heavy atom. The second kappa shape index (κ2) is 7.67. The maximum atomic E-state index is 11.5. The van der Waals surface area contributed by atoms with Crippen LogP contribution in [0, 0.1) is 0 Å². The summed E-state index contributed by atoms with van der Waals surface area (Å²) in [6.07, 6.45) is 1.73. The predicted molar refractivity (Wildman–Crippen MR) is 75.4 cm³/mol. The Kier molecular flexibility index (Phi) is 6.15. The van der Waals surface area contributed by atoms with Crippen molar-refractivity contribution >= 4 is 5.91 Å². The molecule has 0 saturated heterocycles. The summed E-state index contributed by atoms with van der Waals surface area (Å²) < 4.78 is 0. The number of nitrogens with one attached hydrogen (secondary N) is 2. The zero-order valence-electron chi connectivity index (χ0n) is 11.2. The third-order valence-electron chi connectivity index (χ3n) is 2.71. The topological polar surface area (TPSA) is 41.1 Å². The van der Waals surface area contributed by atoms with Gasteiger partial charge in [-0.05, 0) is 17.0 Å². The molecule has 1 rings (SSSR count). The first-order valence-electron chi connectivity index (χ1n) is 6.30. The highest BCUT2D eigenvalue weighted by molar-refractivity contribution is 5.77. The van der Waals surface area contributed by atoms with Gasteiger partial charge in [-0.15, -0.1) is 6.58 Å². The van der Waals surface area contributed by atoms with E-state index in [9.17, 15) is 4.79 Å². The van der Waals surface area contributed by atoms with Gasteiger partial charge in [0.1, 0.15) is 0 Å². The first-order chi connectivity index (χ1) is 8.63. The molecule has 2 N–H and O–H groups in total. The lowest BCUT2D eigenvalue weighted by Crippen LogP contribution is -2.33. The molecule has 0 aliphatic heterocycles. The number of amides is 1. The molecule has 1 aromatic rings. The van der Waals surface area contributed by atoms with Crippen molar-refractivity contribution in [1.82, 2.24) is 10.6 Å². The fourth-order valence-electron chi connectivity index (χ4n) is 1.57. The highest BCUT2D eigenvalue weighted by atomic mass is 16.1. The van der Waals surface area contributed by atoms with E-state index in [0.717, 1.165) is 5.56 Å². The van der Waals surface area contributed by atoms with Gasteiger partial charge in [0.2, 0.25) is 5.91 Å². The third kappa shape index (κ3) is 5.15. The van der Waals surface area contributed by atoms with Gasteiger partial charge in [-0.3, -0.25) is 4.79 Å². The molecule has 1 aromatic carbocycles. The van der Waals surface area contributed by atoms with Crippen molar-refractivity contribution < 1.29 is 4.79 Å². The van der Waals surface area contributed by atoms with Crippen LogP contribution in [0.3, 0.4) is 0 Å². The Labute approximate surface area is 109 Å². The predicted octanol–water partition coefficient (Wildman–Crippen LogP) is 2.20. The van der Waals surface area contributed by atoms with E-state index in [2.05, 4.69) is 55.3 Å². The van der Waals surface area contributed by atoms with Crippen LogP contribution in [0.2, 0.25) is 0 Å². The average molecular weight is 246 g/mol. The summed E-state index contributed by atoms with van der Waals surface area (Å²) in [6.45, 7) is 9.47. The normalized spacial score (nSPS) is 10.4. The highest BCUT2D eigenvalue weighted by Crippen LogP contribution is 2.14. The van der Waals surface area contributed by atoms with Crippen LogP contribution >= 0.6 is 0 Å². The van der Waals surface area contributed by atoms with Crippen LogP contribution in [0.15, 0.2) is 36.9 Å². The summed E-state index contributed by atoms with van der Waals surface area (Å²) in [5.74, 6) is 0.543. The minimum absolute atomic E-state index is 0.00443. The first kappa shape index (κ1) is 14.5. The smallest absolute Gasteiger partial charge is 0.234 e. The van der Waals surface area contributed by atoms with Crippen molar-refractivity contribution in [2.45, 2.75) is 26.3 Å². The molecule has 0 spiro atoms. The second-order valence-electron chi connectivity index (χ2n) is 4.59. The molecular formula is C15H22N2O. The lowest BCUT2D eigenvalue weighted by molar-refractivity contribution is -0.120. The first-order valence-corrected chi connectivity index (χ1v) is 6.30. The number of carbonyl (C=O) groups is 1. The van der Waals surface area contributed by atoms with Crippen LogP contribution in [0.5, 0.6) is 0 Å².